The first-order valence-electron chi connectivity index (χ1n) is 12.0. The van der Waals surface area contributed by atoms with Gasteiger partial charge in [0.05, 0.1) is 0 Å². The molecular formula is C30H28N2O5. The van der Waals surface area contributed by atoms with E-state index in [1.165, 1.54) is 0 Å². The number of carboxylic acid groups (broad SMARTS) is 1. The molecule has 0 bridgehead atoms. The number of benzene rings is 4. The summed E-state index contributed by atoms with van der Waals surface area (Å²) in [5, 5.41) is 17.0. The van der Waals surface area contributed by atoms with Crippen LogP contribution in [0.3, 0.4) is 0 Å². The highest BCUT2D eigenvalue weighted by molar-refractivity contribution is 5.91. The summed E-state index contributed by atoms with van der Waals surface area (Å²) < 4.78 is 5.67. The molecule has 0 aliphatic carbocycles. The number of carbonyl (C=O) groups excluding carboxylic acids is 2. The van der Waals surface area contributed by atoms with Crippen molar-refractivity contribution in [1.82, 2.24) is 10.6 Å². The van der Waals surface area contributed by atoms with E-state index in [1.54, 1.807) is 18.2 Å². The lowest BCUT2D eigenvalue weighted by molar-refractivity contribution is -0.142. The third-order valence-electron chi connectivity index (χ3n) is 5.92. The van der Waals surface area contributed by atoms with E-state index in [0.717, 1.165) is 21.9 Å². The molecule has 2 atom stereocenters. The van der Waals surface area contributed by atoms with Gasteiger partial charge in [-0.1, -0.05) is 91.0 Å². The van der Waals surface area contributed by atoms with E-state index >= 15 is 0 Å². The van der Waals surface area contributed by atoms with E-state index in [2.05, 4.69) is 10.6 Å². The number of carboxylic acids is 1. The lowest BCUT2D eigenvalue weighted by Crippen LogP contribution is -2.53. The van der Waals surface area contributed by atoms with Crippen molar-refractivity contribution < 1.29 is 24.2 Å². The van der Waals surface area contributed by atoms with Crippen molar-refractivity contribution in [3.05, 3.63) is 114 Å². The number of nitrogens with one attached hydrogen (secondary N) is 2. The fourth-order valence-electron chi connectivity index (χ4n) is 4.02. The van der Waals surface area contributed by atoms with Crippen molar-refractivity contribution in [1.29, 1.82) is 0 Å². The van der Waals surface area contributed by atoms with E-state index in [-0.39, 0.29) is 19.4 Å². The minimum atomic E-state index is -1.15. The lowest BCUT2D eigenvalue weighted by Gasteiger charge is -2.22. The fraction of sp³-hybridized carbons (Fsp3) is 0.167. The molecule has 0 aromatic heterocycles. The monoisotopic (exact) mass is 496 g/mol. The third-order valence-corrected chi connectivity index (χ3v) is 5.92. The van der Waals surface area contributed by atoms with Crippen molar-refractivity contribution in [2.24, 2.45) is 0 Å². The van der Waals surface area contributed by atoms with Gasteiger partial charge >= 0.3 is 5.97 Å². The average Bonchev–Trinajstić information content (AvgIpc) is 2.92. The summed E-state index contributed by atoms with van der Waals surface area (Å²) in [6.07, 6.45) is 0.324. The summed E-state index contributed by atoms with van der Waals surface area (Å²) in [4.78, 5) is 37.8. The predicted octanol–water partition coefficient (Wildman–Crippen LogP) is 3.76. The molecular weight excluding hydrogens is 468 g/mol. The van der Waals surface area contributed by atoms with Gasteiger partial charge in [-0.15, -0.1) is 0 Å². The van der Waals surface area contributed by atoms with Crippen LogP contribution in [0.25, 0.3) is 10.8 Å². The van der Waals surface area contributed by atoms with Crippen molar-refractivity contribution in [3.63, 3.8) is 0 Å². The second-order valence-corrected chi connectivity index (χ2v) is 8.70. The molecule has 7 heteroatoms. The van der Waals surface area contributed by atoms with Crippen LogP contribution in [0.2, 0.25) is 0 Å². The Hall–Kier alpha value is -4.65. The largest absolute Gasteiger partial charge is 0.484 e. The number of fused-ring (bicyclic) bond motifs is 1. The lowest BCUT2D eigenvalue weighted by atomic mass is 10.0. The first-order valence-corrected chi connectivity index (χ1v) is 12.0. The van der Waals surface area contributed by atoms with E-state index in [1.807, 2.05) is 84.9 Å². The van der Waals surface area contributed by atoms with Crippen molar-refractivity contribution in [2.45, 2.75) is 24.9 Å². The molecule has 37 heavy (non-hydrogen) atoms. The molecule has 3 N–H and O–H groups in total. The zero-order valence-corrected chi connectivity index (χ0v) is 20.2. The third kappa shape index (κ3) is 7.41. The maximum atomic E-state index is 13.2. The number of hydrogen-bond donors (Lipinski definition) is 3. The number of amides is 2. The number of aliphatic carboxylic acids is 1. The van der Waals surface area contributed by atoms with Gasteiger partial charge in [0, 0.05) is 12.8 Å². The molecule has 0 saturated carbocycles. The SMILES string of the molecule is O=C(COc1ccc2ccccc2c1)N[C@@H](Cc1ccccc1)C(=O)N[C@@H](Cc1ccccc1)C(=O)O. The Balaban J connectivity index is 1.43. The summed E-state index contributed by atoms with van der Waals surface area (Å²) in [7, 11) is 0. The standard InChI is InChI=1S/C30H28N2O5/c33-28(20-37-25-16-15-23-13-7-8-14-24(23)19-25)31-26(17-21-9-3-1-4-10-21)29(34)32-27(30(35)36)18-22-11-5-2-6-12-22/h1-16,19,26-27H,17-18,20H2,(H,31,33)(H,32,34)(H,35,36)/t26-,27-/m0/s1. The molecule has 0 aliphatic rings. The van der Waals surface area contributed by atoms with Crippen LogP contribution in [0.15, 0.2) is 103 Å². The predicted molar refractivity (Wildman–Crippen MR) is 141 cm³/mol. The van der Waals surface area contributed by atoms with Gasteiger partial charge in [0.15, 0.2) is 6.61 Å². The normalized spacial score (nSPS) is 12.3. The van der Waals surface area contributed by atoms with Crippen LogP contribution in [0.4, 0.5) is 0 Å². The first-order chi connectivity index (χ1) is 18.0. The van der Waals surface area contributed by atoms with Gasteiger partial charge in [-0.25, -0.2) is 4.79 Å². The van der Waals surface area contributed by atoms with Crippen LogP contribution >= 0.6 is 0 Å². The molecule has 0 radical (unpaired) electrons. The molecule has 0 saturated heterocycles. The Kier molecular flexibility index (Phi) is 8.49. The summed E-state index contributed by atoms with van der Waals surface area (Å²) in [5.74, 6) is -1.68. The molecule has 4 aromatic rings. The summed E-state index contributed by atoms with van der Waals surface area (Å²) in [6, 6.07) is 29.5. The molecule has 7 nitrogen and oxygen atoms in total. The van der Waals surface area contributed by atoms with E-state index in [0.29, 0.717) is 5.75 Å². The summed E-state index contributed by atoms with van der Waals surface area (Å²) in [6.45, 7) is -0.288. The molecule has 0 aliphatic heterocycles. The fourth-order valence-corrected chi connectivity index (χ4v) is 4.02. The highest BCUT2D eigenvalue weighted by Gasteiger charge is 2.27. The van der Waals surface area contributed by atoms with Crippen LogP contribution in [0, 0.1) is 0 Å². The average molecular weight is 497 g/mol. The Labute approximate surface area is 215 Å². The van der Waals surface area contributed by atoms with Crippen LogP contribution in [-0.4, -0.2) is 41.6 Å². The molecule has 4 aromatic carbocycles. The second kappa shape index (κ2) is 12.4. The Morgan fingerprint density at radius 2 is 1.24 bits per heavy atom. The molecule has 4 rings (SSSR count). The quantitative estimate of drug-likeness (QED) is 0.293. The maximum absolute atomic E-state index is 13.2. The molecule has 188 valence electrons. The van der Waals surface area contributed by atoms with Gasteiger partial charge in [0.25, 0.3) is 5.91 Å². The smallest absolute Gasteiger partial charge is 0.326 e. The zero-order valence-electron chi connectivity index (χ0n) is 20.2. The van der Waals surface area contributed by atoms with Crippen LogP contribution in [0.1, 0.15) is 11.1 Å². The highest BCUT2D eigenvalue weighted by Crippen LogP contribution is 2.20. The number of hydrogen-bond acceptors (Lipinski definition) is 4. The molecule has 0 spiro atoms. The Morgan fingerprint density at radius 1 is 0.676 bits per heavy atom. The van der Waals surface area contributed by atoms with E-state index in [9.17, 15) is 19.5 Å². The zero-order chi connectivity index (χ0) is 26.0. The number of carbonyl (C=O) groups is 3. The molecule has 0 unspecified atom stereocenters. The van der Waals surface area contributed by atoms with Crippen LogP contribution in [-0.2, 0) is 27.2 Å². The summed E-state index contributed by atoms with van der Waals surface area (Å²) >= 11 is 0. The minimum Gasteiger partial charge on any atom is -0.484 e. The van der Waals surface area contributed by atoms with Gasteiger partial charge in [0.2, 0.25) is 5.91 Å². The van der Waals surface area contributed by atoms with Crippen LogP contribution in [0.5, 0.6) is 5.75 Å². The maximum Gasteiger partial charge on any atom is 0.326 e. The van der Waals surface area contributed by atoms with Crippen LogP contribution < -0.4 is 15.4 Å². The Bertz CT molecular complexity index is 1360. The van der Waals surface area contributed by atoms with Gasteiger partial charge in [-0.3, -0.25) is 9.59 Å². The van der Waals surface area contributed by atoms with Crippen molar-refractivity contribution >= 4 is 28.6 Å². The topological polar surface area (TPSA) is 105 Å². The number of rotatable bonds is 11. The van der Waals surface area contributed by atoms with Gasteiger partial charge < -0.3 is 20.5 Å². The molecule has 0 heterocycles. The van der Waals surface area contributed by atoms with Crippen molar-refractivity contribution in [2.75, 3.05) is 6.61 Å². The van der Waals surface area contributed by atoms with Crippen molar-refractivity contribution in [3.8, 4) is 5.75 Å². The Morgan fingerprint density at radius 3 is 1.86 bits per heavy atom. The minimum absolute atomic E-state index is 0.124. The second-order valence-electron chi connectivity index (χ2n) is 8.70. The van der Waals surface area contributed by atoms with E-state index < -0.39 is 29.9 Å². The molecule has 0 fully saturated rings. The highest BCUT2D eigenvalue weighted by atomic mass is 16.5. The van der Waals surface area contributed by atoms with Gasteiger partial charge in [-0.05, 0) is 34.0 Å². The van der Waals surface area contributed by atoms with E-state index in [4.69, 9.17) is 4.74 Å². The van der Waals surface area contributed by atoms with Gasteiger partial charge in [-0.2, -0.15) is 0 Å². The van der Waals surface area contributed by atoms with Gasteiger partial charge in [0.1, 0.15) is 17.8 Å². The molecule has 2 amide bonds. The summed E-state index contributed by atoms with van der Waals surface area (Å²) in [5.41, 5.74) is 1.61. The first kappa shape index (κ1) is 25.4. The number of ether oxygens (including phenoxy) is 1.